The van der Waals surface area contributed by atoms with Crippen LogP contribution in [0.1, 0.15) is 27.0 Å². The second-order valence-electron chi connectivity index (χ2n) is 3.13. The first kappa shape index (κ1) is 10.5. The van der Waals surface area contributed by atoms with Crippen molar-refractivity contribution < 1.29 is 10.3 Å². The van der Waals surface area contributed by atoms with Gasteiger partial charge in [0.15, 0.2) is 0 Å². The number of aliphatic hydroxyl groups excluding tert-OH is 1. The van der Waals surface area contributed by atoms with E-state index in [1.165, 1.54) is 17.0 Å². The van der Waals surface area contributed by atoms with Gasteiger partial charge in [-0.25, -0.2) is 0 Å². The molecule has 1 aromatic heterocycles. The van der Waals surface area contributed by atoms with Gasteiger partial charge < -0.3 is 10.3 Å². The molecule has 0 bridgehead atoms. The molecule has 0 aromatic carbocycles. The molecule has 1 atom stereocenters. The number of nitrogens with zero attached hydrogens (tertiary/aromatic N) is 4. The lowest BCUT2D eigenvalue weighted by molar-refractivity contribution is 0.106. The Hall–Kier alpha value is -1.56. The molecule has 0 amide bonds. The molecule has 6 nitrogen and oxygen atoms in total. The first-order valence-corrected chi connectivity index (χ1v) is 4.24. The van der Waals surface area contributed by atoms with Gasteiger partial charge in [0, 0.05) is 11.9 Å². The van der Waals surface area contributed by atoms with Gasteiger partial charge in [0.1, 0.15) is 6.23 Å². The van der Waals surface area contributed by atoms with E-state index >= 15 is 0 Å². The second kappa shape index (κ2) is 4.10. The van der Waals surface area contributed by atoms with Crippen LogP contribution in [-0.4, -0.2) is 25.3 Å². The standard InChI is InChI=1S/C8H14N4O2/c1-6(2)9-10-8-11(7(3)13)4-5-12(8)14/h4-5,7,13-14H,1-3H3. The third-order valence-corrected chi connectivity index (χ3v) is 1.55. The Bertz CT molecular complexity index is 396. The van der Waals surface area contributed by atoms with E-state index in [-0.39, 0.29) is 5.62 Å². The molecule has 0 aliphatic carbocycles. The molecule has 0 aliphatic rings. The van der Waals surface area contributed by atoms with Crippen LogP contribution in [0.4, 0.5) is 0 Å². The van der Waals surface area contributed by atoms with Crippen molar-refractivity contribution in [3.63, 3.8) is 0 Å². The SMILES string of the molecule is CC(C)=NN=c1n(O)ccn1C(C)O. The predicted octanol–water partition coefficient (Wildman–Crippen LogP) is 0.334. The van der Waals surface area contributed by atoms with Gasteiger partial charge in [0.05, 0.1) is 6.20 Å². The van der Waals surface area contributed by atoms with Crippen LogP contribution in [0.5, 0.6) is 0 Å². The Morgan fingerprint density at radius 1 is 1.43 bits per heavy atom. The van der Waals surface area contributed by atoms with E-state index in [0.29, 0.717) is 0 Å². The van der Waals surface area contributed by atoms with Crippen molar-refractivity contribution in [1.82, 2.24) is 9.30 Å². The molecular weight excluding hydrogens is 184 g/mol. The number of imidazole rings is 1. The van der Waals surface area contributed by atoms with Gasteiger partial charge in [-0.3, -0.25) is 4.57 Å². The summed E-state index contributed by atoms with van der Waals surface area (Å²) in [5, 5.41) is 26.2. The normalized spacial score (nSPS) is 14.1. The fraction of sp³-hybridized carbons (Fsp3) is 0.500. The zero-order valence-electron chi connectivity index (χ0n) is 8.42. The van der Waals surface area contributed by atoms with E-state index in [2.05, 4.69) is 10.2 Å². The summed E-state index contributed by atoms with van der Waals surface area (Å²) in [6, 6.07) is 0. The van der Waals surface area contributed by atoms with Gasteiger partial charge in [0.2, 0.25) is 0 Å². The molecule has 14 heavy (non-hydrogen) atoms. The Balaban J connectivity index is 3.24. The number of aromatic nitrogens is 2. The fourth-order valence-corrected chi connectivity index (χ4v) is 0.920. The van der Waals surface area contributed by atoms with E-state index in [1.54, 1.807) is 20.8 Å². The van der Waals surface area contributed by atoms with Crippen LogP contribution in [0.2, 0.25) is 0 Å². The van der Waals surface area contributed by atoms with Crippen LogP contribution in [0.25, 0.3) is 0 Å². The van der Waals surface area contributed by atoms with Crippen LogP contribution in [0, 0.1) is 0 Å². The van der Waals surface area contributed by atoms with E-state index in [4.69, 9.17) is 0 Å². The number of hydrogen-bond donors (Lipinski definition) is 2. The Labute approximate surface area is 81.4 Å². The summed E-state index contributed by atoms with van der Waals surface area (Å²) < 4.78 is 2.20. The average Bonchev–Trinajstić information content (AvgIpc) is 2.43. The van der Waals surface area contributed by atoms with Crippen LogP contribution < -0.4 is 5.62 Å². The van der Waals surface area contributed by atoms with Gasteiger partial charge in [0.25, 0.3) is 5.62 Å². The third kappa shape index (κ3) is 2.23. The van der Waals surface area contributed by atoms with Crippen molar-refractivity contribution in [2.24, 2.45) is 10.2 Å². The highest BCUT2D eigenvalue weighted by atomic mass is 16.5. The van der Waals surface area contributed by atoms with Crippen LogP contribution >= 0.6 is 0 Å². The van der Waals surface area contributed by atoms with Crippen molar-refractivity contribution in [1.29, 1.82) is 0 Å². The van der Waals surface area contributed by atoms with Crippen molar-refractivity contribution in [3.05, 3.63) is 18.0 Å². The largest absolute Gasteiger partial charge is 0.425 e. The first-order chi connectivity index (χ1) is 6.52. The lowest BCUT2D eigenvalue weighted by atomic mass is 10.5. The average molecular weight is 198 g/mol. The van der Waals surface area contributed by atoms with Crippen molar-refractivity contribution in [3.8, 4) is 0 Å². The van der Waals surface area contributed by atoms with Crippen molar-refractivity contribution in [2.75, 3.05) is 0 Å². The number of hydrogen-bond acceptors (Lipinski definition) is 4. The van der Waals surface area contributed by atoms with Gasteiger partial charge in [-0.2, -0.15) is 9.83 Å². The van der Waals surface area contributed by atoms with Gasteiger partial charge in [-0.15, -0.1) is 5.10 Å². The molecule has 1 unspecified atom stereocenters. The molecule has 0 aliphatic heterocycles. The smallest absolute Gasteiger partial charge is 0.264 e. The molecule has 1 rings (SSSR count). The molecule has 78 valence electrons. The molecule has 0 saturated carbocycles. The topological polar surface area (TPSA) is 75.0 Å². The highest BCUT2D eigenvalue weighted by molar-refractivity contribution is 5.78. The summed E-state index contributed by atoms with van der Waals surface area (Å²) in [6.45, 7) is 5.16. The minimum absolute atomic E-state index is 0.182. The monoisotopic (exact) mass is 198 g/mol. The summed E-state index contributed by atoms with van der Waals surface area (Å²) in [6.07, 6.45) is 2.14. The van der Waals surface area contributed by atoms with E-state index in [9.17, 15) is 10.3 Å². The Kier molecular flexibility index (Phi) is 3.08. The third-order valence-electron chi connectivity index (χ3n) is 1.55. The lowest BCUT2D eigenvalue weighted by Gasteiger charge is -2.03. The van der Waals surface area contributed by atoms with Gasteiger partial charge in [-0.1, -0.05) is 0 Å². The summed E-state index contributed by atoms with van der Waals surface area (Å²) in [5.41, 5.74) is 0.949. The van der Waals surface area contributed by atoms with E-state index in [1.807, 2.05) is 0 Å². The van der Waals surface area contributed by atoms with Gasteiger partial charge in [-0.05, 0) is 20.8 Å². The molecule has 0 saturated heterocycles. The second-order valence-corrected chi connectivity index (χ2v) is 3.13. The highest BCUT2D eigenvalue weighted by Crippen LogP contribution is 1.94. The molecule has 1 aromatic rings. The molecular formula is C8H14N4O2. The fourth-order valence-electron chi connectivity index (χ4n) is 0.920. The molecule has 2 N–H and O–H groups in total. The zero-order chi connectivity index (χ0) is 10.7. The maximum Gasteiger partial charge on any atom is 0.264 e. The van der Waals surface area contributed by atoms with Crippen LogP contribution in [0.3, 0.4) is 0 Å². The molecule has 0 radical (unpaired) electrons. The quantitative estimate of drug-likeness (QED) is 0.408. The maximum atomic E-state index is 9.31. The zero-order valence-corrected chi connectivity index (χ0v) is 8.42. The summed E-state index contributed by atoms with van der Waals surface area (Å²) in [7, 11) is 0. The van der Waals surface area contributed by atoms with Crippen LogP contribution in [0.15, 0.2) is 22.6 Å². The molecule has 0 fully saturated rings. The Morgan fingerprint density at radius 3 is 2.57 bits per heavy atom. The highest BCUT2D eigenvalue weighted by Gasteiger charge is 2.03. The van der Waals surface area contributed by atoms with E-state index < -0.39 is 6.23 Å². The number of aliphatic hydroxyl groups is 1. The first-order valence-electron chi connectivity index (χ1n) is 4.24. The summed E-state index contributed by atoms with van der Waals surface area (Å²) in [4.78, 5) is 0. The lowest BCUT2D eigenvalue weighted by Crippen LogP contribution is -2.26. The maximum absolute atomic E-state index is 9.31. The predicted molar refractivity (Wildman–Crippen MR) is 50.9 cm³/mol. The minimum Gasteiger partial charge on any atom is -0.425 e. The minimum atomic E-state index is -0.755. The van der Waals surface area contributed by atoms with Crippen LogP contribution in [-0.2, 0) is 0 Å². The van der Waals surface area contributed by atoms with Gasteiger partial charge >= 0.3 is 0 Å². The molecule has 0 spiro atoms. The van der Waals surface area contributed by atoms with Crippen molar-refractivity contribution in [2.45, 2.75) is 27.0 Å². The molecule has 6 heteroatoms. The Morgan fingerprint density at radius 2 is 2.07 bits per heavy atom. The number of rotatable bonds is 2. The van der Waals surface area contributed by atoms with Crippen molar-refractivity contribution >= 4 is 5.71 Å². The summed E-state index contributed by atoms with van der Waals surface area (Å²) >= 11 is 0. The molecule has 1 heterocycles. The summed E-state index contributed by atoms with van der Waals surface area (Å²) in [5.74, 6) is 0. The van der Waals surface area contributed by atoms with E-state index in [0.717, 1.165) is 10.4 Å².